The molecule has 6 rings (SSSR count). The third-order valence-corrected chi connectivity index (χ3v) is 7.92. The maximum atomic E-state index is 14.0. The molecule has 3 aromatic carbocycles. The molecule has 0 fully saturated rings. The smallest absolute Gasteiger partial charge is 0.273 e. The number of hydrogen-bond acceptors (Lipinski definition) is 1. The van der Waals surface area contributed by atoms with Gasteiger partial charge in [0.1, 0.15) is 11.3 Å². The number of nitrogens with zero attached hydrogens (tertiary/aromatic N) is 2. The quantitative estimate of drug-likeness (QED) is 0.246. The van der Waals surface area contributed by atoms with Crippen molar-refractivity contribution < 1.29 is 4.79 Å². The number of nitrogens with one attached hydrogen (secondary N) is 1. The summed E-state index contributed by atoms with van der Waals surface area (Å²) in [5.41, 5.74) is 10.7. The van der Waals surface area contributed by atoms with Crippen molar-refractivity contribution in [3.63, 3.8) is 0 Å². The molecule has 0 unspecified atom stereocenters. The van der Waals surface area contributed by atoms with E-state index < -0.39 is 0 Å². The van der Waals surface area contributed by atoms with Crippen LogP contribution in [0, 0.1) is 6.92 Å². The van der Waals surface area contributed by atoms with Crippen molar-refractivity contribution in [2.75, 3.05) is 5.32 Å². The standard InChI is InChI=1S/C33H32ClN3O/c1-21(2)23-11-13-25(14-12-23)30-28-6-4-5-19-36-29(24-9-7-22(3)8-10-24)20-37(33(28)36)31(30)32(38)35-27-17-15-26(34)16-18-27/h7-18,20-21H,4-6,19H2,1-3H3,(H,35,38). The third kappa shape index (κ3) is 4.33. The fourth-order valence-electron chi connectivity index (χ4n) is 5.63. The molecule has 5 heteroatoms. The minimum Gasteiger partial charge on any atom is -0.325 e. The molecule has 1 aliphatic rings. The fraction of sp³-hybridized carbons (Fsp3) is 0.242. The molecule has 1 aliphatic heterocycles. The average molecular weight is 522 g/mol. The number of hydrogen-bond donors (Lipinski definition) is 1. The van der Waals surface area contributed by atoms with Crippen molar-refractivity contribution in [2.45, 2.75) is 52.5 Å². The van der Waals surface area contributed by atoms with Crippen molar-refractivity contribution in [3.05, 3.63) is 106 Å². The number of aryl methyl sites for hydroxylation is 3. The summed E-state index contributed by atoms with van der Waals surface area (Å²) in [5.74, 6) is 0.331. The van der Waals surface area contributed by atoms with Crippen LogP contribution in [0.15, 0.2) is 79.0 Å². The number of amides is 1. The number of aromatic nitrogens is 2. The van der Waals surface area contributed by atoms with E-state index in [9.17, 15) is 4.79 Å². The van der Waals surface area contributed by atoms with Gasteiger partial charge in [0.05, 0.1) is 5.69 Å². The van der Waals surface area contributed by atoms with E-state index in [0.717, 1.165) is 54.0 Å². The molecule has 1 amide bonds. The molecule has 0 spiro atoms. The van der Waals surface area contributed by atoms with Crippen LogP contribution < -0.4 is 5.32 Å². The van der Waals surface area contributed by atoms with Gasteiger partial charge in [0.25, 0.3) is 5.91 Å². The maximum Gasteiger partial charge on any atom is 0.273 e. The van der Waals surface area contributed by atoms with Crippen molar-refractivity contribution in [1.82, 2.24) is 8.97 Å². The molecule has 0 atom stereocenters. The van der Waals surface area contributed by atoms with Gasteiger partial charge in [-0.1, -0.05) is 79.5 Å². The molecule has 3 heterocycles. The molecule has 2 aromatic heterocycles. The van der Waals surface area contributed by atoms with Crippen LogP contribution in [-0.4, -0.2) is 14.9 Å². The number of anilines is 1. The summed E-state index contributed by atoms with van der Waals surface area (Å²) in [6.45, 7) is 7.45. The lowest BCUT2D eigenvalue weighted by Crippen LogP contribution is -2.15. The summed E-state index contributed by atoms with van der Waals surface area (Å²) >= 11 is 6.10. The third-order valence-electron chi connectivity index (χ3n) is 7.66. The Morgan fingerprint density at radius 1 is 0.895 bits per heavy atom. The van der Waals surface area contributed by atoms with E-state index in [1.165, 1.54) is 22.3 Å². The fourth-order valence-corrected chi connectivity index (χ4v) is 5.76. The lowest BCUT2D eigenvalue weighted by Gasteiger charge is -2.12. The zero-order valence-corrected chi connectivity index (χ0v) is 22.8. The lowest BCUT2D eigenvalue weighted by atomic mass is 9.95. The molecular weight excluding hydrogens is 490 g/mol. The number of halogens is 1. The van der Waals surface area contributed by atoms with Gasteiger partial charge in [0, 0.05) is 34.6 Å². The number of benzene rings is 3. The second-order valence-corrected chi connectivity index (χ2v) is 11.1. The first-order valence-corrected chi connectivity index (χ1v) is 13.8. The average Bonchev–Trinajstić information content (AvgIpc) is 3.33. The summed E-state index contributed by atoms with van der Waals surface area (Å²) < 4.78 is 4.55. The largest absolute Gasteiger partial charge is 0.325 e. The highest BCUT2D eigenvalue weighted by molar-refractivity contribution is 6.30. The van der Waals surface area contributed by atoms with E-state index in [0.29, 0.717) is 16.6 Å². The number of rotatable bonds is 5. The van der Waals surface area contributed by atoms with Crippen LogP contribution in [0.25, 0.3) is 28.0 Å². The van der Waals surface area contributed by atoms with Crippen LogP contribution in [0.4, 0.5) is 5.69 Å². The van der Waals surface area contributed by atoms with Gasteiger partial charge in [-0.3, -0.25) is 9.20 Å². The van der Waals surface area contributed by atoms with Gasteiger partial charge < -0.3 is 9.88 Å². The summed E-state index contributed by atoms with van der Waals surface area (Å²) in [7, 11) is 0. The van der Waals surface area contributed by atoms with E-state index in [1.807, 2.05) is 12.1 Å². The van der Waals surface area contributed by atoms with Gasteiger partial charge in [-0.15, -0.1) is 0 Å². The Hall–Kier alpha value is -3.76. The van der Waals surface area contributed by atoms with Crippen molar-refractivity contribution in [3.8, 4) is 22.4 Å². The van der Waals surface area contributed by atoms with Crippen LogP contribution in [0.2, 0.25) is 5.02 Å². The number of carbonyl (C=O) groups excluding carboxylic acids is 1. The molecule has 38 heavy (non-hydrogen) atoms. The Kier molecular flexibility index (Phi) is 6.37. The van der Waals surface area contributed by atoms with Gasteiger partial charge in [-0.25, -0.2) is 0 Å². The van der Waals surface area contributed by atoms with Crippen LogP contribution in [-0.2, 0) is 13.0 Å². The van der Waals surface area contributed by atoms with Crippen LogP contribution in [0.5, 0.6) is 0 Å². The molecule has 0 saturated carbocycles. The Balaban J connectivity index is 1.58. The van der Waals surface area contributed by atoms with Crippen LogP contribution in [0.1, 0.15) is 59.8 Å². The maximum absolute atomic E-state index is 14.0. The predicted octanol–water partition coefficient (Wildman–Crippen LogP) is 8.75. The number of imidazole rings is 1. The van der Waals surface area contributed by atoms with Crippen LogP contribution in [0.3, 0.4) is 0 Å². The Morgan fingerprint density at radius 2 is 1.58 bits per heavy atom. The zero-order chi connectivity index (χ0) is 26.4. The summed E-state index contributed by atoms with van der Waals surface area (Å²) in [4.78, 5) is 14.0. The van der Waals surface area contributed by atoms with Crippen LogP contribution >= 0.6 is 11.6 Å². The molecule has 0 aliphatic carbocycles. The second-order valence-electron chi connectivity index (χ2n) is 10.6. The Morgan fingerprint density at radius 3 is 2.26 bits per heavy atom. The topological polar surface area (TPSA) is 38.4 Å². The molecule has 5 aromatic rings. The summed E-state index contributed by atoms with van der Waals surface area (Å²) in [6, 6.07) is 24.7. The minimum absolute atomic E-state index is 0.121. The zero-order valence-electron chi connectivity index (χ0n) is 22.1. The number of carbonyl (C=O) groups is 1. The van der Waals surface area contributed by atoms with E-state index >= 15 is 0 Å². The van der Waals surface area contributed by atoms with E-state index in [4.69, 9.17) is 11.6 Å². The second kappa shape index (κ2) is 9.85. The highest BCUT2D eigenvalue weighted by atomic mass is 35.5. The van der Waals surface area contributed by atoms with E-state index in [2.05, 4.69) is 89.8 Å². The SMILES string of the molecule is Cc1ccc(-c2cn3c(C(=O)Nc4ccc(Cl)cc4)c(-c4ccc(C(C)C)cc4)c4c3n2CCCC4)cc1. The predicted molar refractivity (Wildman–Crippen MR) is 157 cm³/mol. The van der Waals surface area contributed by atoms with Crippen molar-refractivity contribution in [1.29, 1.82) is 0 Å². The van der Waals surface area contributed by atoms with Gasteiger partial charge in [-0.2, -0.15) is 0 Å². The summed E-state index contributed by atoms with van der Waals surface area (Å²) in [5, 5.41) is 3.78. The highest BCUT2D eigenvalue weighted by Crippen LogP contribution is 2.40. The highest BCUT2D eigenvalue weighted by Gasteiger charge is 2.29. The Labute approximate surface area is 228 Å². The molecule has 0 bridgehead atoms. The summed E-state index contributed by atoms with van der Waals surface area (Å²) in [6.07, 6.45) is 5.29. The first-order valence-electron chi connectivity index (χ1n) is 13.4. The van der Waals surface area contributed by atoms with E-state index in [-0.39, 0.29) is 5.91 Å². The molecule has 0 radical (unpaired) electrons. The first-order chi connectivity index (χ1) is 18.4. The first kappa shape index (κ1) is 24.6. The van der Waals surface area contributed by atoms with Crippen molar-refractivity contribution in [2.24, 2.45) is 0 Å². The molecule has 4 nitrogen and oxygen atoms in total. The van der Waals surface area contributed by atoms with Gasteiger partial charge in [-0.05, 0) is 73.1 Å². The minimum atomic E-state index is -0.121. The molecule has 1 N–H and O–H groups in total. The van der Waals surface area contributed by atoms with Gasteiger partial charge >= 0.3 is 0 Å². The normalized spacial score (nSPS) is 13.2. The van der Waals surface area contributed by atoms with Gasteiger partial charge in [0.2, 0.25) is 0 Å². The van der Waals surface area contributed by atoms with Crippen molar-refractivity contribution >= 4 is 28.8 Å². The molecule has 0 saturated heterocycles. The monoisotopic (exact) mass is 521 g/mol. The van der Waals surface area contributed by atoms with Gasteiger partial charge in [0.15, 0.2) is 0 Å². The molecular formula is C33H32ClN3O. The Bertz CT molecular complexity index is 1620. The lowest BCUT2D eigenvalue weighted by molar-refractivity contribution is 0.102. The molecule has 192 valence electrons. The van der Waals surface area contributed by atoms with E-state index in [1.54, 1.807) is 12.1 Å².